The molecule has 0 bridgehead atoms. The summed E-state index contributed by atoms with van der Waals surface area (Å²) in [5.74, 6) is 0.479. The van der Waals surface area contributed by atoms with Gasteiger partial charge in [-0.15, -0.1) is 11.3 Å². The quantitative estimate of drug-likeness (QED) is 0.740. The maximum Gasteiger partial charge on any atom is 0.257 e. The van der Waals surface area contributed by atoms with Crippen molar-refractivity contribution in [1.82, 2.24) is 4.98 Å². The molecule has 4 nitrogen and oxygen atoms in total. The molecule has 1 heterocycles. The Bertz CT molecular complexity index is 824. The van der Waals surface area contributed by atoms with E-state index < -0.39 is 0 Å². The second-order valence-electron chi connectivity index (χ2n) is 5.42. The zero-order valence-corrected chi connectivity index (χ0v) is 14.4. The highest BCUT2D eigenvalue weighted by molar-refractivity contribution is 7.15. The summed E-state index contributed by atoms with van der Waals surface area (Å²) in [4.78, 5) is 17.8. The Hall–Kier alpha value is -2.66. The van der Waals surface area contributed by atoms with Gasteiger partial charge in [0.25, 0.3) is 5.91 Å². The van der Waals surface area contributed by atoms with E-state index in [2.05, 4.69) is 10.3 Å². The first-order valence-electron chi connectivity index (χ1n) is 7.64. The zero-order chi connectivity index (χ0) is 16.9. The second kappa shape index (κ2) is 7.27. The van der Waals surface area contributed by atoms with Crippen molar-refractivity contribution in [2.24, 2.45) is 0 Å². The molecule has 24 heavy (non-hydrogen) atoms. The Balaban J connectivity index is 1.66. The first kappa shape index (κ1) is 16.2. The lowest BCUT2D eigenvalue weighted by molar-refractivity contribution is 0.102. The lowest BCUT2D eigenvalue weighted by atomic mass is 10.2. The minimum absolute atomic E-state index is 0.186. The molecule has 1 aromatic heterocycles. The van der Waals surface area contributed by atoms with Gasteiger partial charge in [-0.1, -0.05) is 36.4 Å². The van der Waals surface area contributed by atoms with Gasteiger partial charge in [0.1, 0.15) is 12.4 Å². The third kappa shape index (κ3) is 4.00. The van der Waals surface area contributed by atoms with Gasteiger partial charge in [-0.05, 0) is 37.6 Å². The number of thiazole rings is 1. The van der Waals surface area contributed by atoms with Crippen LogP contribution in [0.3, 0.4) is 0 Å². The van der Waals surface area contributed by atoms with Gasteiger partial charge in [-0.3, -0.25) is 10.1 Å². The molecule has 5 heteroatoms. The summed E-state index contributed by atoms with van der Waals surface area (Å²) >= 11 is 1.47. The summed E-state index contributed by atoms with van der Waals surface area (Å²) < 4.78 is 5.76. The van der Waals surface area contributed by atoms with E-state index in [-0.39, 0.29) is 5.91 Å². The number of ether oxygens (including phenoxy) is 1. The number of aryl methyl sites for hydroxylation is 2. The molecule has 122 valence electrons. The third-order valence-corrected chi connectivity index (χ3v) is 4.58. The molecule has 0 saturated heterocycles. The molecule has 3 aromatic rings. The van der Waals surface area contributed by atoms with Crippen molar-refractivity contribution < 1.29 is 9.53 Å². The van der Waals surface area contributed by atoms with Gasteiger partial charge in [0.05, 0.1) is 5.69 Å². The van der Waals surface area contributed by atoms with Crippen molar-refractivity contribution in [3.05, 3.63) is 76.3 Å². The zero-order valence-electron chi connectivity index (χ0n) is 13.6. The molecule has 1 N–H and O–H groups in total. The van der Waals surface area contributed by atoms with Crippen LogP contribution in [0.2, 0.25) is 0 Å². The highest BCUT2D eigenvalue weighted by atomic mass is 32.1. The number of carbonyl (C=O) groups is 1. The number of hydrogen-bond donors (Lipinski definition) is 1. The van der Waals surface area contributed by atoms with E-state index in [1.807, 2.05) is 56.3 Å². The van der Waals surface area contributed by atoms with Crippen molar-refractivity contribution in [1.29, 1.82) is 0 Å². The fraction of sp³-hybridized carbons (Fsp3) is 0.158. The summed E-state index contributed by atoms with van der Waals surface area (Å²) in [5, 5.41) is 3.45. The Kier molecular flexibility index (Phi) is 4.91. The number of nitrogens with one attached hydrogen (secondary N) is 1. The Morgan fingerprint density at radius 3 is 2.62 bits per heavy atom. The van der Waals surface area contributed by atoms with Crippen LogP contribution in [0.15, 0.2) is 54.6 Å². The molecule has 0 radical (unpaired) electrons. The Morgan fingerprint density at radius 2 is 1.92 bits per heavy atom. The maximum atomic E-state index is 12.4. The number of anilines is 1. The monoisotopic (exact) mass is 338 g/mol. The normalized spacial score (nSPS) is 10.4. The second-order valence-corrected chi connectivity index (χ2v) is 6.62. The van der Waals surface area contributed by atoms with Crippen molar-refractivity contribution in [2.45, 2.75) is 20.5 Å². The lowest BCUT2D eigenvalue weighted by Crippen LogP contribution is -2.11. The van der Waals surface area contributed by atoms with Crippen LogP contribution in [-0.2, 0) is 6.61 Å². The van der Waals surface area contributed by atoms with Crippen molar-refractivity contribution in [3.63, 3.8) is 0 Å². The van der Waals surface area contributed by atoms with Crippen LogP contribution in [-0.4, -0.2) is 10.9 Å². The molecule has 3 rings (SSSR count). The van der Waals surface area contributed by atoms with Gasteiger partial charge < -0.3 is 4.74 Å². The molecule has 2 aromatic carbocycles. The van der Waals surface area contributed by atoms with Gasteiger partial charge in [0.15, 0.2) is 5.13 Å². The fourth-order valence-electron chi connectivity index (χ4n) is 2.16. The van der Waals surface area contributed by atoms with Crippen molar-refractivity contribution in [2.75, 3.05) is 5.32 Å². The largest absolute Gasteiger partial charge is 0.489 e. The van der Waals surface area contributed by atoms with E-state index in [1.54, 1.807) is 12.1 Å². The average Bonchev–Trinajstić information content (AvgIpc) is 2.91. The molecule has 0 aliphatic rings. The highest BCUT2D eigenvalue weighted by Gasteiger charge is 2.11. The van der Waals surface area contributed by atoms with Crippen LogP contribution in [0.1, 0.15) is 26.5 Å². The SMILES string of the molecule is Cc1nc(NC(=O)c2cccc(OCc3ccccc3)c2)sc1C. The van der Waals surface area contributed by atoms with Gasteiger partial charge >= 0.3 is 0 Å². The maximum absolute atomic E-state index is 12.4. The van der Waals surface area contributed by atoms with E-state index in [9.17, 15) is 4.79 Å². The molecule has 1 amide bonds. The van der Waals surface area contributed by atoms with Crippen LogP contribution in [0, 0.1) is 13.8 Å². The van der Waals surface area contributed by atoms with E-state index in [1.165, 1.54) is 11.3 Å². The smallest absolute Gasteiger partial charge is 0.257 e. The number of benzene rings is 2. The first-order valence-corrected chi connectivity index (χ1v) is 8.45. The van der Waals surface area contributed by atoms with Gasteiger partial charge in [0.2, 0.25) is 0 Å². The first-order chi connectivity index (χ1) is 11.6. The third-order valence-electron chi connectivity index (χ3n) is 3.59. The molecule has 0 saturated carbocycles. The molecule has 0 spiro atoms. The van der Waals surface area contributed by atoms with E-state index >= 15 is 0 Å². The molecule has 0 aliphatic carbocycles. The van der Waals surface area contributed by atoms with Crippen LogP contribution in [0.25, 0.3) is 0 Å². The standard InChI is InChI=1S/C19H18N2O2S/c1-13-14(2)24-19(20-13)21-18(22)16-9-6-10-17(11-16)23-12-15-7-4-3-5-8-15/h3-11H,12H2,1-2H3,(H,20,21,22). The summed E-state index contributed by atoms with van der Waals surface area (Å²) in [6.45, 7) is 4.39. The number of hydrogen-bond acceptors (Lipinski definition) is 4. The van der Waals surface area contributed by atoms with Gasteiger partial charge in [0, 0.05) is 10.4 Å². The van der Waals surface area contributed by atoms with E-state index in [0.29, 0.717) is 23.1 Å². The minimum atomic E-state index is -0.186. The molecular formula is C19H18N2O2S. The Morgan fingerprint density at radius 1 is 1.12 bits per heavy atom. The predicted molar refractivity (Wildman–Crippen MR) is 96.8 cm³/mol. The van der Waals surface area contributed by atoms with Crippen molar-refractivity contribution >= 4 is 22.4 Å². The minimum Gasteiger partial charge on any atom is -0.489 e. The van der Waals surface area contributed by atoms with Crippen LogP contribution < -0.4 is 10.1 Å². The Labute approximate surface area is 145 Å². The molecule has 0 atom stereocenters. The summed E-state index contributed by atoms with van der Waals surface area (Å²) in [7, 11) is 0. The van der Waals surface area contributed by atoms with Gasteiger partial charge in [-0.25, -0.2) is 4.98 Å². The van der Waals surface area contributed by atoms with Gasteiger partial charge in [-0.2, -0.15) is 0 Å². The molecule has 0 fully saturated rings. The summed E-state index contributed by atoms with van der Waals surface area (Å²) in [6, 6.07) is 17.1. The van der Waals surface area contributed by atoms with Crippen LogP contribution >= 0.6 is 11.3 Å². The molecule has 0 unspecified atom stereocenters. The molecular weight excluding hydrogens is 320 g/mol. The topological polar surface area (TPSA) is 51.2 Å². The number of nitrogens with zero attached hydrogens (tertiary/aromatic N) is 1. The number of carbonyl (C=O) groups excluding carboxylic acids is 1. The molecule has 0 aliphatic heterocycles. The number of aromatic nitrogens is 1. The fourth-order valence-corrected chi connectivity index (χ4v) is 2.97. The van der Waals surface area contributed by atoms with Crippen LogP contribution in [0.5, 0.6) is 5.75 Å². The van der Waals surface area contributed by atoms with E-state index in [0.717, 1.165) is 16.1 Å². The highest BCUT2D eigenvalue weighted by Crippen LogP contribution is 2.22. The average molecular weight is 338 g/mol. The number of rotatable bonds is 5. The van der Waals surface area contributed by atoms with Crippen LogP contribution in [0.4, 0.5) is 5.13 Å². The lowest BCUT2D eigenvalue weighted by Gasteiger charge is -2.08. The summed E-state index contributed by atoms with van der Waals surface area (Å²) in [5.41, 5.74) is 2.57. The number of amides is 1. The van der Waals surface area contributed by atoms with E-state index in [4.69, 9.17) is 4.74 Å². The summed E-state index contributed by atoms with van der Waals surface area (Å²) in [6.07, 6.45) is 0. The van der Waals surface area contributed by atoms with Crippen molar-refractivity contribution in [3.8, 4) is 5.75 Å². The predicted octanol–water partition coefficient (Wildman–Crippen LogP) is 4.59.